The van der Waals surface area contributed by atoms with Gasteiger partial charge in [0.25, 0.3) is 0 Å². The Hall–Kier alpha value is -0.540. The van der Waals surface area contributed by atoms with E-state index in [1.54, 1.807) is 0 Å². The molecular formula is C16H30O7. The van der Waals surface area contributed by atoms with E-state index in [-0.39, 0.29) is 12.5 Å². The van der Waals surface area contributed by atoms with Crippen LogP contribution >= 0.6 is 0 Å². The van der Waals surface area contributed by atoms with Crippen LogP contribution in [0.4, 0.5) is 0 Å². The maximum absolute atomic E-state index is 10.0. The Morgan fingerprint density at radius 2 is 1.83 bits per heavy atom. The Morgan fingerprint density at radius 3 is 2.39 bits per heavy atom. The Balaban J connectivity index is 2.40. The molecule has 5 N–H and O–H groups in total. The summed E-state index contributed by atoms with van der Waals surface area (Å²) in [6, 6.07) is 0. The molecule has 0 aromatic carbocycles. The van der Waals surface area contributed by atoms with Crippen molar-refractivity contribution >= 4 is 0 Å². The fourth-order valence-electron chi connectivity index (χ4n) is 2.36. The fraction of sp³-hybridized carbons (Fsp3) is 0.875. The summed E-state index contributed by atoms with van der Waals surface area (Å²) in [7, 11) is 0. The highest BCUT2D eigenvalue weighted by Gasteiger charge is 2.43. The Kier molecular flexibility index (Phi) is 8.63. The molecule has 0 radical (unpaired) electrons. The van der Waals surface area contributed by atoms with Gasteiger partial charge in [0.1, 0.15) is 24.4 Å². The van der Waals surface area contributed by atoms with E-state index in [2.05, 4.69) is 0 Å². The van der Waals surface area contributed by atoms with Gasteiger partial charge in [-0.25, -0.2) is 0 Å². The Morgan fingerprint density at radius 1 is 1.17 bits per heavy atom. The smallest absolute Gasteiger partial charge is 0.186 e. The van der Waals surface area contributed by atoms with Gasteiger partial charge in [-0.2, -0.15) is 0 Å². The molecule has 0 aromatic heterocycles. The van der Waals surface area contributed by atoms with Crippen LogP contribution in [0.5, 0.6) is 0 Å². The van der Waals surface area contributed by atoms with Crippen molar-refractivity contribution in [2.75, 3.05) is 13.2 Å². The fourth-order valence-corrected chi connectivity index (χ4v) is 2.36. The number of hydrogen-bond acceptors (Lipinski definition) is 7. The molecule has 1 fully saturated rings. The van der Waals surface area contributed by atoms with Crippen LogP contribution in [0.3, 0.4) is 0 Å². The van der Waals surface area contributed by atoms with Crippen LogP contribution < -0.4 is 0 Å². The summed E-state index contributed by atoms with van der Waals surface area (Å²) >= 11 is 0. The molecule has 1 saturated heterocycles. The van der Waals surface area contributed by atoms with Gasteiger partial charge < -0.3 is 35.0 Å². The minimum absolute atomic E-state index is 0.00418. The van der Waals surface area contributed by atoms with Crippen LogP contribution in [0.2, 0.25) is 0 Å². The summed E-state index contributed by atoms with van der Waals surface area (Å²) < 4.78 is 10.7. The maximum atomic E-state index is 10.0. The highest BCUT2D eigenvalue weighted by Crippen LogP contribution is 2.22. The minimum Gasteiger partial charge on any atom is -0.394 e. The van der Waals surface area contributed by atoms with Gasteiger partial charge in [0.15, 0.2) is 6.29 Å². The molecule has 0 aliphatic carbocycles. The van der Waals surface area contributed by atoms with Gasteiger partial charge in [-0.3, -0.25) is 0 Å². The van der Waals surface area contributed by atoms with Crippen LogP contribution in [0, 0.1) is 5.92 Å². The molecule has 1 heterocycles. The second-order valence-electron chi connectivity index (χ2n) is 6.42. The van der Waals surface area contributed by atoms with E-state index in [0.29, 0.717) is 12.8 Å². The number of aliphatic hydroxyl groups is 5. The lowest BCUT2D eigenvalue weighted by Crippen LogP contribution is -2.59. The first-order valence-corrected chi connectivity index (χ1v) is 8.01. The molecule has 0 saturated carbocycles. The molecule has 7 atom stereocenters. The highest BCUT2D eigenvalue weighted by atomic mass is 16.7. The Labute approximate surface area is 137 Å². The lowest BCUT2D eigenvalue weighted by Gasteiger charge is -2.39. The van der Waals surface area contributed by atoms with Crippen molar-refractivity contribution in [2.24, 2.45) is 5.92 Å². The van der Waals surface area contributed by atoms with E-state index in [0.717, 1.165) is 5.57 Å². The summed E-state index contributed by atoms with van der Waals surface area (Å²) in [6.45, 7) is 5.58. The first-order valence-electron chi connectivity index (χ1n) is 8.01. The Bertz CT molecular complexity index is 367. The number of aliphatic hydroxyl groups excluding tert-OH is 5. The average Bonchev–Trinajstić information content (AvgIpc) is 2.52. The normalized spacial score (nSPS) is 34.0. The summed E-state index contributed by atoms with van der Waals surface area (Å²) in [5.41, 5.74) is 1.15. The van der Waals surface area contributed by atoms with E-state index in [9.17, 15) is 20.4 Å². The molecule has 1 aliphatic heterocycles. The molecule has 1 aliphatic rings. The second kappa shape index (κ2) is 9.68. The molecule has 0 amide bonds. The van der Waals surface area contributed by atoms with Crippen molar-refractivity contribution in [3.05, 3.63) is 11.6 Å². The molecule has 0 bridgehead atoms. The first kappa shape index (κ1) is 20.5. The van der Waals surface area contributed by atoms with Crippen molar-refractivity contribution in [3.8, 4) is 0 Å². The third kappa shape index (κ3) is 6.11. The van der Waals surface area contributed by atoms with Gasteiger partial charge >= 0.3 is 0 Å². The van der Waals surface area contributed by atoms with Crippen LogP contribution in [-0.4, -0.2) is 75.6 Å². The largest absolute Gasteiger partial charge is 0.394 e. The molecule has 1 rings (SSSR count). The molecule has 7 nitrogen and oxygen atoms in total. The van der Waals surface area contributed by atoms with Gasteiger partial charge in [-0.05, 0) is 32.6 Å². The van der Waals surface area contributed by atoms with Crippen molar-refractivity contribution in [3.63, 3.8) is 0 Å². The monoisotopic (exact) mass is 334 g/mol. The lowest BCUT2D eigenvalue weighted by molar-refractivity contribution is -0.301. The summed E-state index contributed by atoms with van der Waals surface area (Å²) in [4.78, 5) is 0. The third-order valence-corrected chi connectivity index (χ3v) is 4.13. The van der Waals surface area contributed by atoms with E-state index < -0.39 is 43.4 Å². The van der Waals surface area contributed by atoms with Crippen molar-refractivity contribution in [1.82, 2.24) is 0 Å². The van der Waals surface area contributed by atoms with Gasteiger partial charge in [-0.1, -0.05) is 18.6 Å². The average molecular weight is 334 g/mol. The zero-order valence-electron chi connectivity index (χ0n) is 14.0. The van der Waals surface area contributed by atoms with E-state index in [1.807, 2.05) is 26.8 Å². The summed E-state index contributed by atoms with van der Waals surface area (Å²) in [5, 5.41) is 48.3. The van der Waals surface area contributed by atoms with Gasteiger partial charge in [0.05, 0.1) is 19.3 Å². The number of allylic oxidation sites excluding steroid dienone is 1. The van der Waals surface area contributed by atoms with Crippen molar-refractivity contribution < 1.29 is 35.0 Å². The zero-order valence-corrected chi connectivity index (χ0v) is 14.0. The maximum Gasteiger partial charge on any atom is 0.186 e. The SMILES string of the molecule is CC(C)=CC[C@H](O)[C@H](C)CCO[C@@H]1O[C@H](CO)[C@@H](O)[C@H](O)[C@H]1O. The predicted molar refractivity (Wildman–Crippen MR) is 83.6 cm³/mol. The number of ether oxygens (including phenoxy) is 2. The number of hydrogen-bond donors (Lipinski definition) is 5. The minimum atomic E-state index is -1.44. The quantitative estimate of drug-likeness (QED) is 0.381. The molecule has 0 spiro atoms. The van der Waals surface area contributed by atoms with Gasteiger partial charge in [-0.15, -0.1) is 0 Å². The second-order valence-corrected chi connectivity index (χ2v) is 6.42. The zero-order chi connectivity index (χ0) is 17.6. The molecule has 0 aromatic rings. The van der Waals surface area contributed by atoms with Crippen LogP contribution in [-0.2, 0) is 9.47 Å². The lowest BCUT2D eigenvalue weighted by atomic mass is 9.97. The molecular weight excluding hydrogens is 304 g/mol. The summed E-state index contributed by atoms with van der Waals surface area (Å²) in [5.74, 6) is -0.00418. The molecule has 7 heteroatoms. The van der Waals surface area contributed by atoms with Crippen molar-refractivity contribution in [1.29, 1.82) is 0 Å². The van der Waals surface area contributed by atoms with E-state index in [4.69, 9.17) is 14.6 Å². The van der Waals surface area contributed by atoms with Crippen LogP contribution in [0.25, 0.3) is 0 Å². The van der Waals surface area contributed by atoms with E-state index in [1.165, 1.54) is 0 Å². The van der Waals surface area contributed by atoms with E-state index >= 15 is 0 Å². The van der Waals surface area contributed by atoms with Crippen LogP contribution in [0.1, 0.15) is 33.6 Å². The van der Waals surface area contributed by atoms with Crippen molar-refractivity contribution in [2.45, 2.75) is 70.4 Å². The predicted octanol–water partition coefficient (Wildman–Crippen LogP) is -0.454. The third-order valence-electron chi connectivity index (χ3n) is 4.13. The standard InChI is InChI=1S/C16H30O7/c1-9(2)4-5-11(18)10(3)6-7-22-16-15(21)14(20)13(19)12(8-17)23-16/h4,10-21H,5-8H2,1-3H3/t10-,11+,12-,13-,14+,15-,16-/m1/s1. The first-order chi connectivity index (χ1) is 10.8. The molecule has 136 valence electrons. The summed E-state index contributed by atoms with van der Waals surface area (Å²) in [6.07, 6.45) is -3.70. The molecule has 0 unspecified atom stereocenters. The van der Waals surface area contributed by atoms with Crippen LogP contribution in [0.15, 0.2) is 11.6 Å². The molecule has 23 heavy (non-hydrogen) atoms. The highest BCUT2D eigenvalue weighted by molar-refractivity contribution is 4.94. The van der Waals surface area contributed by atoms with Gasteiger partial charge in [0.2, 0.25) is 0 Å². The topological polar surface area (TPSA) is 120 Å². The number of rotatable bonds is 8. The van der Waals surface area contributed by atoms with Gasteiger partial charge in [0, 0.05) is 0 Å².